The standard InChI is InChI=1S/C7H11N3OS/c1-5-6(12-4-10-5)3-9-7(11)8-2/h4H,3H2,1-2H3,(H2,8,9,11). The molecule has 0 fully saturated rings. The largest absolute Gasteiger partial charge is 0.341 e. The van der Waals surface area contributed by atoms with Crippen molar-refractivity contribution in [2.75, 3.05) is 7.05 Å². The molecule has 1 rings (SSSR count). The van der Waals surface area contributed by atoms with Crippen LogP contribution in [0.1, 0.15) is 10.6 Å². The van der Waals surface area contributed by atoms with Crippen LogP contribution in [0.15, 0.2) is 5.51 Å². The highest BCUT2D eigenvalue weighted by atomic mass is 32.1. The number of aryl methyl sites for hydroxylation is 1. The third kappa shape index (κ3) is 2.20. The van der Waals surface area contributed by atoms with Crippen LogP contribution in [0, 0.1) is 6.92 Å². The van der Waals surface area contributed by atoms with Gasteiger partial charge in [-0.2, -0.15) is 0 Å². The molecular weight excluding hydrogens is 174 g/mol. The van der Waals surface area contributed by atoms with Gasteiger partial charge >= 0.3 is 6.03 Å². The molecule has 0 atom stereocenters. The Balaban J connectivity index is 2.43. The quantitative estimate of drug-likeness (QED) is 0.718. The molecule has 1 aromatic rings. The number of carbonyl (C=O) groups is 1. The first-order valence-electron chi connectivity index (χ1n) is 3.58. The summed E-state index contributed by atoms with van der Waals surface area (Å²) in [6, 6.07) is -0.164. The fourth-order valence-electron chi connectivity index (χ4n) is 0.745. The number of hydrogen-bond donors (Lipinski definition) is 2. The molecule has 1 aromatic heterocycles. The molecule has 0 saturated heterocycles. The minimum Gasteiger partial charge on any atom is -0.341 e. The summed E-state index contributed by atoms with van der Waals surface area (Å²) in [5, 5.41) is 5.18. The lowest BCUT2D eigenvalue weighted by molar-refractivity contribution is 0.242. The van der Waals surface area contributed by atoms with E-state index in [4.69, 9.17) is 0 Å². The van der Waals surface area contributed by atoms with Crippen LogP contribution in [0.4, 0.5) is 4.79 Å². The lowest BCUT2D eigenvalue weighted by atomic mass is 10.4. The molecule has 12 heavy (non-hydrogen) atoms. The minimum atomic E-state index is -0.164. The van der Waals surface area contributed by atoms with Crippen LogP contribution in [0.3, 0.4) is 0 Å². The predicted octanol–water partition coefficient (Wildman–Crippen LogP) is 0.881. The van der Waals surface area contributed by atoms with Gasteiger partial charge in [0.2, 0.25) is 0 Å². The molecule has 5 heteroatoms. The van der Waals surface area contributed by atoms with E-state index < -0.39 is 0 Å². The Bertz CT molecular complexity index is 271. The number of aromatic nitrogens is 1. The summed E-state index contributed by atoms with van der Waals surface area (Å²) in [6.45, 7) is 2.48. The summed E-state index contributed by atoms with van der Waals surface area (Å²) in [5.41, 5.74) is 2.76. The summed E-state index contributed by atoms with van der Waals surface area (Å²) in [6.07, 6.45) is 0. The Morgan fingerprint density at radius 3 is 3.00 bits per heavy atom. The Morgan fingerprint density at radius 2 is 2.50 bits per heavy atom. The molecule has 0 aliphatic rings. The molecule has 0 bridgehead atoms. The summed E-state index contributed by atoms with van der Waals surface area (Å²) in [4.78, 5) is 15.9. The predicted molar refractivity (Wildman–Crippen MR) is 48.1 cm³/mol. The van der Waals surface area contributed by atoms with Crippen molar-refractivity contribution >= 4 is 17.4 Å². The molecule has 0 saturated carbocycles. The molecule has 0 spiro atoms. The number of carbonyl (C=O) groups excluding carboxylic acids is 1. The van der Waals surface area contributed by atoms with Crippen LogP contribution >= 0.6 is 11.3 Å². The molecule has 0 aliphatic carbocycles. The van der Waals surface area contributed by atoms with Crippen molar-refractivity contribution < 1.29 is 4.79 Å². The molecule has 66 valence electrons. The zero-order valence-corrected chi connectivity index (χ0v) is 7.86. The van der Waals surface area contributed by atoms with E-state index in [-0.39, 0.29) is 6.03 Å². The highest BCUT2D eigenvalue weighted by molar-refractivity contribution is 7.09. The number of amides is 2. The SMILES string of the molecule is CNC(=O)NCc1scnc1C. The van der Waals surface area contributed by atoms with Gasteiger partial charge in [-0.3, -0.25) is 0 Å². The van der Waals surface area contributed by atoms with E-state index in [1.165, 1.54) is 0 Å². The first kappa shape index (κ1) is 8.99. The van der Waals surface area contributed by atoms with Gasteiger partial charge in [-0.25, -0.2) is 9.78 Å². The maximum absolute atomic E-state index is 10.8. The first-order valence-corrected chi connectivity index (χ1v) is 4.46. The molecule has 0 unspecified atom stereocenters. The molecule has 2 N–H and O–H groups in total. The molecular formula is C7H11N3OS. The van der Waals surface area contributed by atoms with Gasteiger partial charge in [0.05, 0.1) is 17.7 Å². The molecule has 1 heterocycles. The van der Waals surface area contributed by atoms with Crippen LogP contribution in [0.5, 0.6) is 0 Å². The third-order valence-electron chi connectivity index (χ3n) is 1.48. The smallest absolute Gasteiger partial charge is 0.314 e. The second kappa shape index (κ2) is 4.06. The highest BCUT2D eigenvalue weighted by Gasteiger charge is 2.01. The Morgan fingerprint density at radius 1 is 1.75 bits per heavy atom. The molecule has 2 amide bonds. The van der Waals surface area contributed by atoms with E-state index in [0.29, 0.717) is 6.54 Å². The monoisotopic (exact) mass is 185 g/mol. The van der Waals surface area contributed by atoms with Crippen molar-refractivity contribution in [3.05, 3.63) is 16.1 Å². The van der Waals surface area contributed by atoms with Crippen LogP contribution in [-0.4, -0.2) is 18.1 Å². The lowest BCUT2D eigenvalue weighted by Gasteiger charge is -2.01. The fourth-order valence-corrected chi connectivity index (χ4v) is 1.46. The maximum atomic E-state index is 10.8. The Labute approximate surface area is 75.0 Å². The zero-order valence-electron chi connectivity index (χ0n) is 7.05. The van der Waals surface area contributed by atoms with E-state index in [1.807, 2.05) is 6.92 Å². The van der Waals surface area contributed by atoms with Gasteiger partial charge in [0, 0.05) is 11.9 Å². The molecule has 0 radical (unpaired) electrons. The average molecular weight is 185 g/mol. The first-order chi connectivity index (χ1) is 5.74. The Kier molecular flexibility index (Phi) is 3.04. The minimum absolute atomic E-state index is 0.164. The topological polar surface area (TPSA) is 54.0 Å². The number of urea groups is 1. The molecule has 4 nitrogen and oxygen atoms in total. The van der Waals surface area contributed by atoms with E-state index in [9.17, 15) is 4.79 Å². The van der Waals surface area contributed by atoms with Crippen LogP contribution in [0.2, 0.25) is 0 Å². The number of nitrogens with zero attached hydrogens (tertiary/aromatic N) is 1. The van der Waals surface area contributed by atoms with Crippen LogP contribution in [0.25, 0.3) is 0 Å². The van der Waals surface area contributed by atoms with Crippen molar-refractivity contribution in [3.8, 4) is 0 Å². The van der Waals surface area contributed by atoms with Gasteiger partial charge in [0.25, 0.3) is 0 Å². The van der Waals surface area contributed by atoms with Crippen molar-refractivity contribution in [2.24, 2.45) is 0 Å². The summed E-state index contributed by atoms with van der Waals surface area (Å²) in [7, 11) is 1.59. The van der Waals surface area contributed by atoms with Gasteiger partial charge < -0.3 is 10.6 Å². The van der Waals surface area contributed by atoms with Gasteiger partial charge in [0.1, 0.15) is 0 Å². The zero-order chi connectivity index (χ0) is 8.97. The van der Waals surface area contributed by atoms with E-state index >= 15 is 0 Å². The fraction of sp³-hybridized carbons (Fsp3) is 0.429. The van der Waals surface area contributed by atoms with Gasteiger partial charge in [-0.1, -0.05) is 0 Å². The van der Waals surface area contributed by atoms with Crippen LogP contribution in [-0.2, 0) is 6.54 Å². The second-order valence-corrected chi connectivity index (χ2v) is 3.23. The van der Waals surface area contributed by atoms with Crippen LogP contribution < -0.4 is 10.6 Å². The lowest BCUT2D eigenvalue weighted by Crippen LogP contribution is -2.31. The van der Waals surface area contributed by atoms with Crippen molar-refractivity contribution in [3.63, 3.8) is 0 Å². The summed E-state index contributed by atoms with van der Waals surface area (Å²) >= 11 is 1.55. The summed E-state index contributed by atoms with van der Waals surface area (Å²) in [5.74, 6) is 0. The van der Waals surface area contributed by atoms with Gasteiger partial charge in [-0.15, -0.1) is 11.3 Å². The maximum Gasteiger partial charge on any atom is 0.314 e. The van der Waals surface area contributed by atoms with Crippen molar-refractivity contribution in [2.45, 2.75) is 13.5 Å². The van der Waals surface area contributed by atoms with E-state index in [1.54, 1.807) is 23.9 Å². The normalized spacial score (nSPS) is 9.50. The molecule has 0 aliphatic heterocycles. The van der Waals surface area contributed by atoms with E-state index in [0.717, 1.165) is 10.6 Å². The second-order valence-electron chi connectivity index (χ2n) is 2.29. The van der Waals surface area contributed by atoms with Gasteiger partial charge in [-0.05, 0) is 6.92 Å². The van der Waals surface area contributed by atoms with Crippen molar-refractivity contribution in [1.29, 1.82) is 0 Å². The molecule has 0 aromatic carbocycles. The Hall–Kier alpha value is -1.10. The number of nitrogens with one attached hydrogen (secondary N) is 2. The number of hydrogen-bond acceptors (Lipinski definition) is 3. The number of thiazole rings is 1. The third-order valence-corrected chi connectivity index (χ3v) is 2.42. The van der Waals surface area contributed by atoms with Crippen molar-refractivity contribution in [1.82, 2.24) is 15.6 Å². The van der Waals surface area contributed by atoms with E-state index in [2.05, 4.69) is 15.6 Å². The average Bonchev–Trinajstić information content (AvgIpc) is 2.47. The summed E-state index contributed by atoms with van der Waals surface area (Å²) < 4.78 is 0. The number of rotatable bonds is 2. The highest BCUT2D eigenvalue weighted by Crippen LogP contribution is 2.10. The van der Waals surface area contributed by atoms with Gasteiger partial charge in [0.15, 0.2) is 0 Å².